The second kappa shape index (κ2) is 9.90. The number of allylic oxidation sites excluding steroid dienone is 5. The van der Waals surface area contributed by atoms with Gasteiger partial charge >= 0.3 is 178 Å². The van der Waals surface area contributed by atoms with Gasteiger partial charge in [0, 0.05) is 0 Å². The molecule has 0 amide bonds. The molecule has 1 aromatic heterocycles. The van der Waals surface area contributed by atoms with Crippen LogP contribution in [-0.4, -0.2) is 5.43 Å². The monoisotopic (exact) mass is 536 g/mol. The molecule has 2 aliphatic rings. The van der Waals surface area contributed by atoms with Gasteiger partial charge in [0.2, 0.25) is 0 Å². The van der Waals surface area contributed by atoms with E-state index in [9.17, 15) is 0 Å². The predicted octanol–water partition coefficient (Wildman–Crippen LogP) is 8.13. The van der Waals surface area contributed by atoms with Gasteiger partial charge in [0.1, 0.15) is 0 Å². The van der Waals surface area contributed by atoms with Crippen LogP contribution in [0.4, 0.5) is 0 Å². The second-order valence-corrected chi connectivity index (χ2v) is 25.9. The SMILES string of the molecule is CC1=C(C)C(C)[C]([Zr]([CH]2C(C)=C(c3ccco3)c3ccccc32)=[Si](C)C)=C1C.Cl.Cl. The van der Waals surface area contributed by atoms with E-state index in [1.165, 1.54) is 11.1 Å². The third-order valence-electron chi connectivity index (χ3n) is 6.89. The van der Waals surface area contributed by atoms with Gasteiger partial charge in [0.05, 0.1) is 0 Å². The van der Waals surface area contributed by atoms with Gasteiger partial charge in [-0.1, -0.05) is 0 Å². The van der Waals surface area contributed by atoms with Crippen LogP contribution in [0.2, 0.25) is 13.1 Å². The van der Waals surface area contributed by atoms with Crippen molar-refractivity contribution >= 4 is 35.8 Å². The van der Waals surface area contributed by atoms with Crippen LogP contribution in [0.3, 0.4) is 0 Å². The first-order valence-corrected chi connectivity index (χ1v) is 19.1. The Bertz CT molecular complexity index is 1090. The van der Waals surface area contributed by atoms with Crippen LogP contribution >= 0.6 is 24.8 Å². The van der Waals surface area contributed by atoms with Crippen molar-refractivity contribution in [1.29, 1.82) is 0 Å². The molecule has 4 rings (SSSR count). The summed E-state index contributed by atoms with van der Waals surface area (Å²) in [5.41, 5.74) is 10.3. The first kappa shape index (κ1) is 25.7. The fourth-order valence-electron chi connectivity index (χ4n) is 5.20. The van der Waals surface area contributed by atoms with E-state index in [4.69, 9.17) is 4.42 Å². The van der Waals surface area contributed by atoms with Crippen molar-refractivity contribution in [3.05, 3.63) is 85.1 Å². The molecule has 0 saturated heterocycles. The van der Waals surface area contributed by atoms with Crippen LogP contribution in [0.5, 0.6) is 0 Å². The Labute approximate surface area is 201 Å². The van der Waals surface area contributed by atoms with Gasteiger partial charge in [-0.2, -0.15) is 0 Å². The molecule has 1 heterocycles. The maximum atomic E-state index is 5.89. The molecule has 0 spiro atoms. The van der Waals surface area contributed by atoms with Crippen molar-refractivity contribution in [2.75, 3.05) is 0 Å². The zero-order valence-electron chi connectivity index (χ0n) is 18.9. The molecular formula is C25H32Cl2OSiZr. The average molecular weight is 539 g/mol. The van der Waals surface area contributed by atoms with Gasteiger partial charge in [-0.25, -0.2) is 0 Å². The summed E-state index contributed by atoms with van der Waals surface area (Å²) in [6, 6.07) is 13.3. The summed E-state index contributed by atoms with van der Waals surface area (Å²) in [7, 11) is 0. The van der Waals surface area contributed by atoms with Crippen LogP contribution in [-0.2, 0) is 20.4 Å². The molecule has 30 heavy (non-hydrogen) atoms. The summed E-state index contributed by atoms with van der Waals surface area (Å²) in [6.07, 6.45) is 1.81. The molecule has 2 aromatic rings. The molecule has 0 fully saturated rings. The average Bonchev–Trinajstić information content (AvgIpc) is 3.33. The minimum absolute atomic E-state index is 0. The topological polar surface area (TPSA) is 13.1 Å². The minimum atomic E-state index is -1.95. The van der Waals surface area contributed by atoms with Gasteiger partial charge in [-0.15, -0.1) is 24.8 Å². The van der Waals surface area contributed by atoms with Gasteiger partial charge in [-0.3, -0.25) is 0 Å². The second-order valence-electron chi connectivity index (χ2n) is 8.54. The van der Waals surface area contributed by atoms with Crippen molar-refractivity contribution in [2.24, 2.45) is 5.92 Å². The first-order chi connectivity index (χ1) is 13.3. The molecule has 0 radical (unpaired) electrons. The first-order valence-electron chi connectivity index (χ1n) is 10.2. The molecule has 0 saturated carbocycles. The smallest absolute Gasteiger partial charge is 0.147 e. The number of furan rings is 1. The quantitative estimate of drug-likeness (QED) is 0.360. The van der Waals surface area contributed by atoms with Crippen LogP contribution in [0.1, 0.15) is 55.1 Å². The number of fused-ring (bicyclic) bond motifs is 1. The van der Waals surface area contributed by atoms with E-state index in [0.29, 0.717) is 9.54 Å². The van der Waals surface area contributed by atoms with E-state index in [2.05, 4.69) is 78.0 Å². The summed E-state index contributed by atoms with van der Waals surface area (Å²) in [4.78, 5) is 0. The van der Waals surface area contributed by atoms with E-state index >= 15 is 0 Å². The third-order valence-corrected chi connectivity index (χ3v) is 25.9. The van der Waals surface area contributed by atoms with E-state index in [1.54, 1.807) is 27.9 Å². The fourth-order valence-corrected chi connectivity index (χ4v) is 25.8. The summed E-state index contributed by atoms with van der Waals surface area (Å²) >= 11 is -1.95. The Balaban J connectivity index is 0.00000160. The summed E-state index contributed by atoms with van der Waals surface area (Å²) < 4.78 is 8.42. The van der Waals surface area contributed by atoms with Crippen LogP contribution in [0, 0.1) is 5.92 Å². The Kier molecular flexibility index (Phi) is 8.47. The Morgan fingerprint density at radius 1 is 0.867 bits per heavy atom. The van der Waals surface area contributed by atoms with Gasteiger partial charge in [-0.05, 0) is 0 Å². The maximum Gasteiger partial charge on any atom is -0.147 e. The molecule has 2 atom stereocenters. The zero-order valence-corrected chi connectivity index (χ0v) is 24.0. The number of halogens is 2. The van der Waals surface area contributed by atoms with Crippen LogP contribution < -0.4 is 0 Å². The van der Waals surface area contributed by atoms with Crippen molar-refractivity contribution in [2.45, 2.75) is 51.3 Å². The molecule has 2 aliphatic carbocycles. The van der Waals surface area contributed by atoms with E-state index in [0.717, 1.165) is 5.76 Å². The molecule has 0 bridgehead atoms. The third kappa shape index (κ3) is 3.96. The molecule has 160 valence electrons. The summed E-state index contributed by atoms with van der Waals surface area (Å²) in [5, 5.41) is 0. The molecule has 1 nitrogen and oxygen atoms in total. The van der Waals surface area contributed by atoms with Gasteiger partial charge < -0.3 is 0 Å². The molecule has 5 heteroatoms. The van der Waals surface area contributed by atoms with Crippen LogP contribution in [0.25, 0.3) is 5.57 Å². The van der Waals surface area contributed by atoms with Gasteiger partial charge in [0.15, 0.2) is 0 Å². The van der Waals surface area contributed by atoms with Crippen molar-refractivity contribution in [1.82, 2.24) is 0 Å². The zero-order chi connectivity index (χ0) is 20.2. The maximum absolute atomic E-state index is 5.89. The van der Waals surface area contributed by atoms with E-state index < -0.39 is 20.4 Å². The molecular weight excluding hydrogens is 506 g/mol. The molecule has 1 aromatic carbocycles. The van der Waals surface area contributed by atoms with Gasteiger partial charge in [0.25, 0.3) is 0 Å². The van der Waals surface area contributed by atoms with E-state index in [-0.39, 0.29) is 30.2 Å². The number of benzene rings is 1. The summed E-state index contributed by atoms with van der Waals surface area (Å²) in [5.74, 6) is 1.67. The Morgan fingerprint density at radius 3 is 2.07 bits per heavy atom. The van der Waals surface area contributed by atoms with Crippen molar-refractivity contribution in [3.8, 4) is 0 Å². The number of rotatable bonds is 3. The molecule has 0 N–H and O–H groups in total. The largest absolute Gasteiger partial charge is 0.147 e. The molecule has 2 unspecified atom stereocenters. The normalized spacial score (nSPS) is 20.2. The van der Waals surface area contributed by atoms with Crippen molar-refractivity contribution < 1.29 is 24.8 Å². The van der Waals surface area contributed by atoms with E-state index in [1.807, 2.05) is 15.6 Å². The van der Waals surface area contributed by atoms with Crippen LogP contribution in [0.15, 0.2) is 72.7 Å². The minimum Gasteiger partial charge on any atom is -0.147 e. The Hall–Kier alpha value is -0.600. The molecule has 0 aliphatic heterocycles. The number of hydrogen-bond donors (Lipinski definition) is 0. The number of hydrogen-bond acceptors (Lipinski definition) is 1. The fraction of sp³-hybridized carbons (Fsp3) is 0.360. The Morgan fingerprint density at radius 2 is 1.53 bits per heavy atom. The predicted molar refractivity (Wildman–Crippen MR) is 132 cm³/mol. The van der Waals surface area contributed by atoms with Crippen molar-refractivity contribution in [3.63, 3.8) is 0 Å². The standard InChI is InChI=1S/C14H11O.C9H13.C2H6Si.2ClH.Zr/c1-10-9-11-5-2-3-6-12(11)14(10)13-7-4-8-15-13;1-6-5-7(2)9(4)8(6)3;1-3-2;;;/h2-9H,1H3;6H,1-4H3;1-2H3;2*1H;. The summed E-state index contributed by atoms with van der Waals surface area (Å²) in [6.45, 7) is 17.1.